The minimum absolute atomic E-state index is 0.0525. The average Bonchev–Trinajstić information content (AvgIpc) is 2.26. The number of hydrogen-bond acceptors (Lipinski definition) is 3. The van der Waals surface area contributed by atoms with Crippen molar-refractivity contribution in [2.24, 2.45) is 11.8 Å². The summed E-state index contributed by atoms with van der Waals surface area (Å²) >= 11 is 0. The number of rotatable bonds is 5. The Morgan fingerprint density at radius 3 is 2.56 bits per heavy atom. The Hall–Kier alpha value is -1.32. The maximum Gasteiger partial charge on any atom is 0.306 e. The molecule has 0 aromatic carbocycles. The van der Waals surface area contributed by atoms with E-state index in [1.54, 1.807) is 0 Å². The second-order valence-corrected chi connectivity index (χ2v) is 5.29. The van der Waals surface area contributed by atoms with Gasteiger partial charge in [0, 0.05) is 5.92 Å². The van der Waals surface area contributed by atoms with Crippen LogP contribution < -0.4 is 0 Å². The van der Waals surface area contributed by atoms with Gasteiger partial charge in [0.2, 0.25) is 0 Å². The Labute approximate surface area is 108 Å². The average molecular weight is 254 g/mol. The number of carbonyl (C=O) groups is 2. The van der Waals surface area contributed by atoms with E-state index in [4.69, 9.17) is 9.84 Å². The van der Waals surface area contributed by atoms with Crippen molar-refractivity contribution in [3.05, 3.63) is 12.2 Å². The van der Waals surface area contributed by atoms with Crippen LogP contribution in [0.2, 0.25) is 0 Å². The molecule has 0 amide bonds. The molecule has 0 bridgehead atoms. The molecule has 1 aliphatic rings. The normalized spacial score (nSPS) is 27.6. The number of carboxylic acid groups (broad SMARTS) is 1. The van der Waals surface area contributed by atoms with Crippen molar-refractivity contribution < 1.29 is 19.4 Å². The lowest BCUT2D eigenvalue weighted by molar-refractivity contribution is -0.155. The topological polar surface area (TPSA) is 63.6 Å². The van der Waals surface area contributed by atoms with Gasteiger partial charge in [0.1, 0.15) is 6.10 Å². The lowest BCUT2D eigenvalue weighted by Crippen LogP contribution is -2.33. The summed E-state index contributed by atoms with van der Waals surface area (Å²) in [6.45, 7) is 8.05. The van der Waals surface area contributed by atoms with Gasteiger partial charge in [0.15, 0.2) is 0 Å². The van der Waals surface area contributed by atoms with Crippen LogP contribution in [0.1, 0.15) is 46.0 Å². The highest BCUT2D eigenvalue weighted by molar-refractivity contribution is 5.76. The second kappa shape index (κ2) is 6.57. The summed E-state index contributed by atoms with van der Waals surface area (Å²) in [7, 11) is 0. The van der Waals surface area contributed by atoms with E-state index in [0.29, 0.717) is 5.92 Å². The lowest BCUT2D eigenvalue weighted by atomic mass is 9.77. The molecule has 0 radical (unpaired) electrons. The summed E-state index contributed by atoms with van der Waals surface area (Å²) in [4.78, 5) is 22.0. The van der Waals surface area contributed by atoms with E-state index in [2.05, 4.69) is 13.5 Å². The smallest absolute Gasteiger partial charge is 0.306 e. The van der Waals surface area contributed by atoms with Crippen LogP contribution >= 0.6 is 0 Å². The molecule has 0 aromatic rings. The molecule has 18 heavy (non-hydrogen) atoms. The van der Waals surface area contributed by atoms with Crippen molar-refractivity contribution in [3.63, 3.8) is 0 Å². The fraction of sp³-hybridized carbons (Fsp3) is 0.714. The molecule has 0 aliphatic heterocycles. The van der Waals surface area contributed by atoms with Crippen LogP contribution in [0.3, 0.4) is 0 Å². The lowest BCUT2D eigenvalue weighted by Gasteiger charge is -2.34. The van der Waals surface area contributed by atoms with Crippen molar-refractivity contribution in [3.8, 4) is 0 Å². The third-order valence-electron chi connectivity index (χ3n) is 3.51. The van der Waals surface area contributed by atoms with Gasteiger partial charge in [-0.3, -0.25) is 9.59 Å². The Balaban J connectivity index is 2.52. The standard InChI is InChI=1S/C14H22O4/c1-9(2)11-5-4-10(3)8-12(11)18-14(17)7-6-13(15)16/h10-12H,1,4-8H2,2-3H3,(H,15,16). The first-order valence-corrected chi connectivity index (χ1v) is 6.46. The Kier molecular flexibility index (Phi) is 5.38. The Morgan fingerprint density at radius 2 is 2.00 bits per heavy atom. The van der Waals surface area contributed by atoms with E-state index in [1.807, 2.05) is 6.92 Å². The fourth-order valence-electron chi connectivity index (χ4n) is 2.46. The SMILES string of the molecule is C=C(C)C1CCC(C)CC1OC(=O)CCC(=O)O. The van der Waals surface area contributed by atoms with Gasteiger partial charge in [0.05, 0.1) is 12.8 Å². The number of carbonyl (C=O) groups excluding carboxylic acids is 1. The van der Waals surface area contributed by atoms with Crippen LogP contribution in [0, 0.1) is 11.8 Å². The first-order chi connectivity index (χ1) is 8.40. The molecule has 1 aliphatic carbocycles. The highest BCUT2D eigenvalue weighted by atomic mass is 16.5. The van der Waals surface area contributed by atoms with E-state index < -0.39 is 11.9 Å². The van der Waals surface area contributed by atoms with E-state index in [0.717, 1.165) is 24.8 Å². The van der Waals surface area contributed by atoms with E-state index in [1.165, 1.54) is 0 Å². The fourth-order valence-corrected chi connectivity index (χ4v) is 2.46. The number of carboxylic acids is 1. The van der Waals surface area contributed by atoms with Gasteiger partial charge in [0.25, 0.3) is 0 Å². The zero-order chi connectivity index (χ0) is 13.7. The summed E-state index contributed by atoms with van der Waals surface area (Å²) in [6.07, 6.45) is 2.61. The molecule has 1 rings (SSSR count). The third-order valence-corrected chi connectivity index (χ3v) is 3.51. The van der Waals surface area contributed by atoms with Gasteiger partial charge in [-0.1, -0.05) is 19.1 Å². The van der Waals surface area contributed by atoms with Crippen LogP contribution in [0.5, 0.6) is 0 Å². The molecule has 0 heterocycles. The van der Waals surface area contributed by atoms with Crippen LogP contribution in [-0.4, -0.2) is 23.1 Å². The summed E-state index contributed by atoms with van der Waals surface area (Å²) < 4.78 is 5.42. The molecule has 1 N–H and O–H groups in total. The molecule has 4 heteroatoms. The monoisotopic (exact) mass is 254 g/mol. The molecule has 1 saturated carbocycles. The van der Waals surface area contributed by atoms with Crippen molar-refractivity contribution >= 4 is 11.9 Å². The van der Waals surface area contributed by atoms with Gasteiger partial charge in [-0.05, 0) is 32.1 Å². The molecule has 3 atom stereocenters. The molecule has 3 unspecified atom stereocenters. The minimum atomic E-state index is -0.972. The molecular formula is C14H22O4. The number of esters is 1. The molecule has 0 saturated heterocycles. The van der Waals surface area contributed by atoms with Crippen molar-refractivity contribution in [1.82, 2.24) is 0 Å². The Bertz CT molecular complexity index is 335. The summed E-state index contributed by atoms with van der Waals surface area (Å²) in [5.74, 6) is -0.629. The Morgan fingerprint density at radius 1 is 1.33 bits per heavy atom. The quantitative estimate of drug-likeness (QED) is 0.605. The molecule has 0 aromatic heterocycles. The van der Waals surface area contributed by atoms with Gasteiger partial charge >= 0.3 is 11.9 Å². The predicted octanol–water partition coefficient (Wildman–Crippen LogP) is 2.78. The van der Waals surface area contributed by atoms with Crippen LogP contribution in [0.25, 0.3) is 0 Å². The summed E-state index contributed by atoms with van der Waals surface area (Å²) in [5.41, 5.74) is 1.04. The van der Waals surface area contributed by atoms with E-state index >= 15 is 0 Å². The molecule has 102 valence electrons. The van der Waals surface area contributed by atoms with Crippen molar-refractivity contribution in [2.45, 2.75) is 52.1 Å². The van der Waals surface area contributed by atoms with Crippen LogP contribution in [0.15, 0.2) is 12.2 Å². The van der Waals surface area contributed by atoms with E-state index in [-0.39, 0.29) is 24.9 Å². The number of ether oxygens (including phenoxy) is 1. The van der Waals surface area contributed by atoms with Gasteiger partial charge in [-0.25, -0.2) is 0 Å². The minimum Gasteiger partial charge on any atom is -0.481 e. The first-order valence-electron chi connectivity index (χ1n) is 6.46. The number of hydrogen-bond donors (Lipinski definition) is 1. The largest absolute Gasteiger partial charge is 0.481 e. The highest BCUT2D eigenvalue weighted by Gasteiger charge is 2.31. The highest BCUT2D eigenvalue weighted by Crippen LogP contribution is 2.34. The zero-order valence-electron chi connectivity index (χ0n) is 11.1. The molecule has 1 fully saturated rings. The third kappa shape index (κ3) is 4.51. The number of aliphatic carboxylic acids is 1. The van der Waals surface area contributed by atoms with Crippen molar-refractivity contribution in [1.29, 1.82) is 0 Å². The van der Waals surface area contributed by atoms with Crippen LogP contribution in [0.4, 0.5) is 0 Å². The maximum absolute atomic E-state index is 11.6. The van der Waals surface area contributed by atoms with Gasteiger partial charge in [-0.15, -0.1) is 0 Å². The predicted molar refractivity (Wildman–Crippen MR) is 68.1 cm³/mol. The van der Waals surface area contributed by atoms with Gasteiger partial charge < -0.3 is 9.84 Å². The first kappa shape index (κ1) is 14.7. The molecule has 0 spiro atoms. The summed E-state index contributed by atoms with van der Waals surface area (Å²) in [6, 6.07) is 0. The molecule has 4 nitrogen and oxygen atoms in total. The second-order valence-electron chi connectivity index (χ2n) is 5.29. The van der Waals surface area contributed by atoms with Crippen molar-refractivity contribution in [2.75, 3.05) is 0 Å². The van der Waals surface area contributed by atoms with Gasteiger partial charge in [-0.2, -0.15) is 0 Å². The maximum atomic E-state index is 11.6. The zero-order valence-corrected chi connectivity index (χ0v) is 11.1. The summed E-state index contributed by atoms with van der Waals surface area (Å²) in [5, 5.41) is 8.53. The molecular weight excluding hydrogens is 232 g/mol. The van der Waals surface area contributed by atoms with E-state index in [9.17, 15) is 9.59 Å². The van der Waals surface area contributed by atoms with Crippen LogP contribution in [-0.2, 0) is 14.3 Å².